The number of carbonyl (C=O) groups excluding carboxylic acids is 1. The molecule has 56 valence electrons. The van der Waals surface area contributed by atoms with E-state index in [-0.39, 0.29) is 23.6 Å². The van der Waals surface area contributed by atoms with Crippen LogP contribution in [0.1, 0.15) is 20.8 Å². The van der Waals surface area contributed by atoms with E-state index in [4.69, 9.17) is 0 Å². The summed E-state index contributed by atoms with van der Waals surface area (Å²) in [5.41, 5.74) is 3.31. The van der Waals surface area contributed by atoms with Crippen molar-refractivity contribution >= 4 is 5.78 Å². The van der Waals surface area contributed by atoms with Gasteiger partial charge in [0.2, 0.25) is 0 Å². The van der Waals surface area contributed by atoms with Crippen LogP contribution in [0.15, 0.2) is 0 Å². The minimum Gasteiger partial charge on any atom is -1.00 e. The van der Waals surface area contributed by atoms with Gasteiger partial charge in [-0.15, -0.1) is 0 Å². The molecule has 0 fully saturated rings. The lowest BCUT2D eigenvalue weighted by Gasteiger charge is -2.12. The van der Waals surface area contributed by atoms with Crippen LogP contribution in [0.3, 0.4) is 0 Å². The van der Waals surface area contributed by atoms with Crippen molar-refractivity contribution < 1.29 is 22.9 Å². The third-order valence-corrected chi connectivity index (χ3v) is 1.06. The molecule has 2 nitrogen and oxygen atoms in total. The van der Waals surface area contributed by atoms with Gasteiger partial charge >= 0.3 is 0 Å². The summed E-state index contributed by atoms with van der Waals surface area (Å²) in [7, 11) is 0. The molecule has 0 aromatic rings. The standard InChI is InChI=1S/C6H13NO.ClH/c1-6(2,3)5(8)4-7;/h4,7H2,1-3H3;1H. The van der Waals surface area contributed by atoms with Crippen molar-refractivity contribution in [2.24, 2.45) is 5.41 Å². The first-order chi connectivity index (χ1) is 3.48. The average molecular weight is 152 g/mol. The van der Waals surface area contributed by atoms with Crippen molar-refractivity contribution in [3.05, 3.63) is 0 Å². The Hall–Kier alpha value is -0.0800. The number of rotatable bonds is 1. The zero-order chi connectivity index (χ0) is 6.78. The predicted octanol–water partition coefficient (Wildman–Crippen LogP) is -3.15. The minimum atomic E-state index is -0.193. The number of Topliss-reactive ketones (excluding diaryl/α,β-unsaturated/α-hetero) is 1. The third-order valence-electron chi connectivity index (χ3n) is 1.06. The molecule has 0 bridgehead atoms. The van der Waals surface area contributed by atoms with Gasteiger partial charge in [-0.25, -0.2) is 0 Å². The van der Waals surface area contributed by atoms with Gasteiger partial charge in [0, 0.05) is 5.41 Å². The van der Waals surface area contributed by atoms with E-state index in [1.807, 2.05) is 20.8 Å². The molecular formula is C6H14ClNO. The fraction of sp³-hybridized carbons (Fsp3) is 0.833. The van der Waals surface area contributed by atoms with Gasteiger partial charge < -0.3 is 18.1 Å². The van der Waals surface area contributed by atoms with E-state index in [1.165, 1.54) is 0 Å². The number of ketones is 1. The van der Waals surface area contributed by atoms with Crippen molar-refractivity contribution in [3.8, 4) is 0 Å². The number of hydrogen-bond acceptors (Lipinski definition) is 1. The second-order valence-corrected chi connectivity index (χ2v) is 2.92. The lowest BCUT2D eigenvalue weighted by molar-refractivity contribution is -0.356. The first kappa shape index (κ1) is 11.7. The molecule has 0 rings (SSSR count). The summed E-state index contributed by atoms with van der Waals surface area (Å²) in [6.07, 6.45) is 0. The van der Waals surface area contributed by atoms with Gasteiger partial charge in [-0.2, -0.15) is 0 Å². The van der Waals surface area contributed by atoms with Crippen molar-refractivity contribution in [3.63, 3.8) is 0 Å². The van der Waals surface area contributed by atoms with Crippen LogP contribution < -0.4 is 18.1 Å². The Bertz CT molecular complexity index is 95.7. The molecule has 3 heteroatoms. The van der Waals surface area contributed by atoms with Gasteiger partial charge in [-0.1, -0.05) is 20.8 Å². The van der Waals surface area contributed by atoms with Crippen LogP contribution in [0.5, 0.6) is 0 Å². The molecule has 0 aliphatic heterocycles. The van der Waals surface area contributed by atoms with Gasteiger partial charge in [0.05, 0.1) is 0 Å². The molecule has 0 saturated carbocycles. The van der Waals surface area contributed by atoms with Crippen molar-refractivity contribution in [2.75, 3.05) is 6.54 Å². The summed E-state index contributed by atoms with van der Waals surface area (Å²) in [6.45, 7) is 6.12. The van der Waals surface area contributed by atoms with Crippen LogP contribution in [0.2, 0.25) is 0 Å². The molecule has 9 heavy (non-hydrogen) atoms. The zero-order valence-electron chi connectivity index (χ0n) is 6.20. The summed E-state index contributed by atoms with van der Waals surface area (Å²) in [6, 6.07) is 0. The molecule has 0 aliphatic carbocycles. The van der Waals surface area contributed by atoms with E-state index in [1.54, 1.807) is 0 Å². The largest absolute Gasteiger partial charge is 1.00 e. The average Bonchev–Trinajstić information content (AvgIpc) is 1.62. The quantitative estimate of drug-likeness (QED) is 0.423. The lowest BCUT2D eigenvalue weighted by Crippen LogP contribution is -3.00. The molecule has 0 aromatic carbocycles. The molecule has 0 spiro atoms. The van der Waals surface area contributed by atoms with Crippen LogP contribution in [0.4, 0.5) is 0 Å². The minimum absolute atomic E-state index is 0. The van der Waals surface area contributed by atoms with E-state index in [2.05, 4.69) is 5.73 Å². The Morgan fingerprint density at radius 1 is 1.44 bits per heavy atom. The molecule has 0 atom stereocenters. The molecule has 0 radical (unpaired) electrons. The second kappa shape index (κ2) is 3.85. The predicted molar refractivity (Wildman–Crippen MR) is 32.2 cm³/mol. The number of carbonyl (C=O) groups is 1. The molecule has 3 N–H and O–H groups in total. The van der Waals surface area contributed by atoms with E-state index in [0.29, 0.717) is 6.54 Å². The maximum absolute atomic E-state index is 10.8. The maximum atomic E-state index is 10.8. The Kier molecular flexibility index (Phi) is 5.00. The van der Waals surface area contributed by atoms with Crippen LogP contribution >= 0.6 is 0 Å². The van der Waals surface area contributed by atoms with E-state index < -0.39 is 0 Å². The molecular weight excluding hydrogens is 138 g/mol. The summed E-state index contributed by atoms with van der Waals surface area (Å²) in [5.74, 6) is 0.220. The van der Waals surface area contributed by atoms with Crippen LogP contribution in [-0.2, 0) is 4.79 Å². The topological polar surface area (TPSA) is 44.7 Å². The monoisotopic (exact) mass is 151 g/mol. The smallest absolute Gasteiger partial charge is 0.191 e. The molecule has 0 saturated heterocycles. The van der Waals surface area contributed by atoms with Gasteiger partial charge in [-0.3, -0.25) is 4.79 Å². The van der Waals surface area contributed by atoms with E-state index >= 15 is 0 Å². The first-order valence-corrected chi connectivity index (χ1v) is 2.81. The van der Waals surface area contributed by atoms with Gasteiger partial charge in [0.15, 0.2) is 5.78 Å². The zero-order valence-corrected chi connectivity index (χ0v) is 6.96. The van der Waals surface area contributed by atoms with Crippen LogP contribution in [0.25, 0.3) is 0 Å². The second-order valence-electron chi connectivity index (χ2n) is 2.92. The van der Waals surface area contributed by atoms with Gasteiger partial charge in [0.25, 0.3) is 0 Å². The van der Waals surface area contributed by atoms with Crippen LogP contribution in [-0.4, -0.2) is 12.3 Å². The van der Waals surface area contributed by atoms with E-state index in [0.717, 1.165) is 0 Å². The molecule has 0 heterocycles. The Morgan fingerprint density at radius 2 is 1.78 bits per heavy atom. The van der Waals surface area contributed by atoms with Crippen LogP contribution in [0, 0.1) is 5.41 Å². The number of quaternary nitrogens is 1. The fourth-order valence-electron chi connectivity index (χ4n) is 0.375. The third kappa shape index (κ3) is 4.43. The fourth-order valence-corrected chi connectivity index (χ4v) is 0.375. The Labute approximate surface area is 62.2 Å². The summed E-state index contributed by atoms with van der Waals surface area (Å²) in [5, 5.41) is 0. The molecule has 0 amide bonds. The highest BCUT2D eigenvalue weighted by molar-refractivity contribution is 5.84. The summed E-state index contributed by atoms with van der Waals surface area (Å²) < 4.78 is 0. The van der Waals surface area contributed by atoms with Gasteiger partial charge in [0.1, 0.15) is 6.54 Å². The summed E-state index contributed by atoms with van der Waals surface area (Å²) >= 11 is 0. The van der Waals surface area contributed by atoms with Crippen molar-refractivity contribution in [1.29, 1.82) is 0 Å². The van der Waals surface area contributed by atoms with Gasteiger partial charge in [-0.05, 0) is 0 Å². The van der Waals surface area contributed by atoms with E-state index in [9.17, 15) is 4.79 Å². The normalized spacial score (nSPS) is 10.2. The highest BCUT2D eigenvalue weighted by atomic mass is 35.5. The SMILES string of the molecule is CC(C)(C)C(=O)C[NH3+].[Cl-]. The van der Waals surface area contributed by atoms with Crippen molar-refractivity contribution in [1.82, 2.24) is 0 Å². The molecule has 0 aromatic heterocycles. The highest BCUT2D eigenvalue weighted by Crippen LogP contribution is 2.12. The lowest BCUT2D eigenvalue weighted by atomic mass is 9.91. The molecule has 0 unspecified atom stereocenters. The number of hydrogen-bond donors (Lipinski definition) is 1. The Balaban J connectivity index is 0. The molecule has 0 aliphatic rings. The van der Waals surface area contributed by atoms with Crippen molar-refractivity contribution in [2.45, 2.75) is 20.8 Å². The maximum Gasteiger partial charge on any atom is 0.191 e. The number of halogens is 1. The first-order valence-electron chi connectivity index (χ1n) is 2.81. The highest BCUT2D eigenvalue weighted by Gasteiger charge is 2.20. The Morgan fingerprint density at radius 3 is 1.78 bits per heavy atom. The summed E-state index contributed by atoms with van der Waals surface area (Å²) in [4.78, 5) is 10.8.